The number of piperidine rings is 1. The zero-order valence-corrected chi connectivity index (χ0v) is 16.4. The third-order valence-corrected chi connectivity index (χ3v) is 5.45. The zero-order valence-electron chi connectivity index (χ0n) is 16.4. The summed E-state index contributed by atoms with van der Waals surface area (Å²) in [6.07, 6.45) is 2.57. The van der Waals surface area contributed by atoms with Crippen molar-refractivity contribution >= 4 is 11.8 Å². The van der Waals surface area contributed by atoms with E-state index in [0.717, 1.165) is 24.8 Å². The summed E-state index contributed by atoms with van der Waals surface area (Å²) in [7, 11) is 0. The lowest BCUT2D eigenvalue weighted by Crippen LogP contribution is -2.49. The van der Waals surface area contributed by atoms with Crippen molar-refractivity contribution in [2.24, 2.45) is 5.41 Å². The number of amides is 2. The number of hydrogen-bond acceptors (Lipinski definition) is 3. The Balaban J connectivity index is 1.68. The van der Waals surface area contributed by atoms with Crippen LogP contribution in [0, 0.1) is 5.41 Å². The van der Waals surface area contributed by atoms with Crippen molar-refractivity contribution in [1.82, 2.24) is 10.2 Å². The maximum Gasteiger partial charge on any atom is 0.253 e. The molecule has 2 aromatic carbocycles. The molecule has 0 aliphatic carbocycles. The van der Waals surface area contributed by atoms with Gasteiger partial charge in [-0.3, -0.25) is 9.59 Å². The topological polar surface area (TPSA) is 69.6 Å². The van der Waals surface area contributed by atoms with Crippen LogP contribution in [0.2, 0.25) is 0 Å². The Morgan fingerprint density at radius 3 is 2.43 bits per heavy atom. The molecule has 0 radical (unpaired) electrons. The highest BCUT2D eigenvalue weighted by Crippen LogP contribution is 2.34. The van der Waals surface area contributed by atoms with E-state index < -0.39 is 0 Å². The number of carbonyl (C=O) groups excluding carboxylic acids is 2. The summed E-state index contributed by atoms with van der Waals surface area (Å²) in [6, 6.07) is 17.5. The van der Waals surface area contributed by atoms with Crippen molar-refractivity contribution in [3.8, 4) is 0 Å². The molecule has 2 amide bonds. The van der Waals surface area contributed by atoms with Crippen LogP contribution < -0.4 is 5.32 Å². The van der Waals surface area contributed by atoms with E-state index in [-0.39, 0.29) is 23.8 Å². The Morgan fingerprint density at radius 1 is 1.07 bits per heavy atom. The van der Waals surface area contributed by atoms with E-state index in [0.29, 0.717) is 25.2 Å². The molecule has 1 saturated heterocycles. The van der Waals surface area contributed by atoms with Gasteiger partial charge in [-0.1, -0.05) is 42.5 Å². The number of carbonyl (C=O) groups is 2. The largest absolute Gasteiger partial charge is 0.396 e. The molecule has 1 fully saturated rings. The van der Waals surface area contributed by atoms with Gasteiger partial charge >= 0.3 is 0 Å². The molecule has 2 N–H and O–H groups in total. The predicted molar refractivity (Wildman–Crippen MR) is 109 cm³/mol. The normalized spacial score (nSPS) is 19.3. The van der Waals surface area contributed by atoms with E-state index in [4.69, 9.17) is 0 Å². The van der Waals surface area contributed by atoms with Crippen molar-refractivity contribution in [3.63, 3.8) is 0 Å². The van der Waals surface area contributed by atoms with Crippen LogP contribution in [0.25, 0.3) is 0 Å². The Hall–Kier alpha value is -2.66. The molecule has 1 aliphatic rings. The van der Waals surface area contributed by atoms with Gasteiger partial charge in [0.15, 0.2) is 0 Å². The number of likely N-dealkylation sites (tertiary alicyclic amines) is 1. The molecule has 148 valence electrons. The van der Waals surface area contributed by atoms with Crippen LogP contribution >= 0.6 is 0 Å². The van der Waals surface area contributed by atoms with Crippen LogP contribution in [0.1, 0.15) is 41.3 Å². The van der Waals surface area contributed by atoms with Crippen molar-refractivity contribution in [2.45, 2.75) is 32.7 Å². The van der Waals surface area contributed by atoms with Gasteiger partial charge < -0.3 is 15.3 Å². The van der Waals surface area contributed by atoms with Gasteiger partial charge in [0.05, 0.1) is 6.61 Å². The molecular formula is C23H28N2O3. The Labute approximate surface area is 166 Å². The molecule has 0 bridgehead atoms. The van der Waals surface area contributed by atoms with Crippen molar-refractivity contribution < 1.29 is 14.7 Å². The molecule has 1 unspecified atom stereocenters. The first kappa shape index (κ1) is 20.1. The number of aliphatic hydroxyl groups excluding tert-OH is 1. The molecule has 5 nitrogen and oxygen atoms in total. The summed E-state index contributed by atoms with van der Waals surface area (Å²) in [5.41, 5.74) is 2.49. The first-order chi connectivity index (χ1) is 13.5. The summed E-state index contributed by atoms with van der Waals surface area (Å²) < 4.78 is 0. The summed E-state index contributed by atoms with van der Waals surface area (Å²) in [5, 5.41) is 12.9. The molecule has 1 atom stereocenters. The molecular weight excluding hydrogens is 352 g/mol. The lowest BCUT2D eigenvalue weighted by atomic mass is 9.75. The molecule has 5 heteroatoms. The number of nitrogens with zero attached hydrogens (tertiary/aromatic N) is 1. The summed E-state index contributed by atoms with van der Waals surface area (Å²) >= 11 is 0. The predicted octanol–water partition coefficient (Wildman–Crippen LogP) is 2.78. The van der Waals surface area contributed by atoms with E-state index >= 15 is 0 Å². The summed E-state index contributed by atoms with van der Waals surface area (Å²) in [4.78, 5) is 25.9. The highest BCUT2D eigenvalue weighted by atomic mass is 16.3. The second kappa shape index (κ2) is 9.02. The van der Waals surface area contributed by atoms with Crippen LogP contribution in [0.4, 0.5) is 0 Å². The van der Waals surface area contributed by atoms with Crippen LogP contribution in [0.15, 0.2) is 54.6 Å². The van der Waals surface area contributed by atoms with Gasteiger partial charge in [-0.25, -0.2) is 0 Å². The Kier molecular flexibility index (Phi) is 6.47. The second-order valence-electron chi connectivity index (χ2n) is 7.76. The lowest BCUT2D eigenvalue weighted by Gasteiger charge is -2.42. The minimum atomic E-state index is -0.291. The monoisotopic (exact) mass is 380 g/mol. The lowest BCUT2D eigenvalue weighted by molar-refractivity contribution is -0.119. The fourth-order valence-electron chi connectivity index (χ4n) is 3.91. The van der Waals surface area contributed by atoms with Crippen LogP contribution in [-0.2, 0) is 17.8 Å². The third-order valence-electron chi connectivity index (χ3n) is 5.45. The Bertz CT molecular complexity index is 804. The minimum Gasteiger partial charge on any atom is -0.396 e. The van der Waals surface area contributed by atoms with Crippen molar-refractivity contribution in [2.75, 3.05) is 19.7 Å². The molecule has 1 aliphatic heterocycles. The highest BCUT2D eigenvalue weighted by Gasteiger charge is 2.37. The van der Waals surface area contributed by atoms with Crippen LogP contribution in [0.5, 0.6) is 0 Å². The van der Waals surface area contributed by atoms with Gasteiger partial charge in [0, 0.05) is 37.5 Å². The van der Waals surface area contributed by atoms with Crippen molar-refractivity contribution in [1.29, 1.82) is 0 Å². The fraction of sp³-hybridized carbons (Fsp3) is 0.391. The van der Waals surface area contributed by atoms with E-state index in [2.05, 4.69) is 17.4 Å². The molecule has 0 aromatic heterocycles. The van der Waals surface area contributed by atoms with E-state index in [1.807, 2.05) is 47.4 Å². The molecule has 2 aromatic rings. The van der Waals surface area contributed by atoms with Gasteiger partial charge in [-0.15, -0.1) is 0 Å². The summed E-state index contributed by atoms with van der Waals surface area (Å²) in [5.74, 6) is -0.0797. The first-order valence-electron chi connectivity index (χ1n) is 9.79. The van der Waals surface area contributed by atoms with Gasteiger partial charge in [0.1, 0.15) is 0 Å². The molecule has 28 heavy (non-hydrogen) atoms. The SMILES string of the molecule is CC(=O)NCc1ccc(C(=O)N2CCCC(CO)(Cc3ccccc3)C2)cc1. The van der Waals surface area contributed by atoms with Gasteiger partial charge in [0.2, 0.25) is 5.91 Å². The number of rotatable bonds is 6. The second-order valence-corrected chi connectivity index (χ2v) is 7.76. The summed E-state index contributed by atoms with van der Waals surface area (Å²) in [6.45, 7) is 3.28. The quantitative estimate of drug-likeness (QED) is 0.810. The van der Waals surface area contributed by atoms with Gasteiger partial charge in [-0.2, -0.15) is 0 Å². The van der Waals surface area contributed by atoms with Crippen molar-refractivity contribution in [3.05, 3.63) is 71.3 Å². The molecule has 0 spiro atoms. The number of benzene rings is 2. The van der Waals surface area contributed by atoms with E-state index in [9.17, 15) is 14.7 Å². The average Bonchev–Trinajstić information content (AvgIpc) is 2.73. The van der Waals surface area contributed by atoms with Gasteiger partial charge in [-0.05, 0) is 42.5 Å². The third kappa shape index (κ3) is 4.98. The number of nitrogens with one attached hydrogen (secondary N) is 1. The van der Waals surface area contributed by atoms with Crippen LogP contribution in [-0.4, -0.2) is 41.5 Å². The molecule has 0 saturated carbocycles. The first-order valence-corrected chi connectivity index (χ1v) is 9.79. The highest BCUT2D eigenvalue weighted by molar-refractivity contribution is 5.94. The average molecular weight is 380 g/mol. The maximum absolute atomic E-state index is 13.0. The zero-order chi connectivity index (χ0) is 20.0. The van der Waals surface area contributed by atoms with Gasteiger partial charge in [0.25, 0.3) is 5.91 Å². The molecule has 3 rings (SSSR count). The standard InChI is InChI=1S/C23H28N2O3/c1-18(27)24-15-20-8-10-21(11-9-20)22(28)25-13-5-12-23(16-25,17-26)14-19-6-3-2-4-7-19/h2-4,6-11,26H,5,12-17H2,1H3,(H,24,27). The minimum absolute atomic E-state index is 0.00309. The molecule has 1 heterocycles. The van der Waals surface area contributed by atoms with E-state index in [1.165, 1.54) is 12.5 Å². The van der Waals surface area contributed by atoms with Crippen LogP contribution in [0.3, 0.4) is 0 Å². The maximum atomic E-state index is 13.0. The number of aliphatic hydroxyl groups is 1. The number of hydrogen-bond donors (Lipinski definition) is 2. The smallest absolute Gasteiger partial charge is 0.253 e. The Morgan fingerprint density at radius 2 is 1.79 bits per heavy atom. The van der Waals surface area contributed by atoms with E-state index in [1.54, 1.807) is 0 Å². The fourth-order valence-corrected chi connectivity index (χ4v) is 3.91.